The van der Waals surface area contributed by atoms with Gasteiger partial charge < -0.3 is 0 Å². The maximum Gasteiger partial charge on any atom is -0.0125 e. The fourth-order valence-corrected chi connectivity index (χ4v) is 1.88. The molecule has 0 aliphatic heterocycles. The second kappa shape index (κ2) is 5.64. The SMILES string of the molecule is C=C(C)CC(CCC)c1ccccc1. The smallest absolute Gasteiger partial charge is 0.0125 e. The van der Waals surface area contributed by atoms with Gasteiger partial charge in [-0.1, -0.05) is 49.2 Å². The zero-order chi connectivity index (χ0) is 10.4. The molecule has 14 heavy (non-hydrogen) atoms. The molecule has 0 saturated carbocycles. The van der Waals surface area contributed by atoms with Crippen molar-refractivity contribution in [1.82, 2.24) is 0 Å². The molecular formula is C14H20. The van der Waals surface area contributed by atoms with Gasteiger partial charge in [0.15, 0.2) is 0 Å². The van der Waals surface area contributed by atoms with Crippen LogP contribution in [0.25, 0.3) is 0 Å². The Balaban J connectivity index is 2.72. The van der Waals surface area contributed by atoms with Gasteiger partial charge in [0.25, 0.3) is 0 Å². The number of allylic oxidation sites excluding steroid dienone is 1. The lowest BCUT2D eigenvalue weighted by Gasteiger charge is -2.16. The minimum Gasteiger partial charge on any atom is -0.100 e. The van der Waals surface area contributed by atoms with Crippen molar-refractivity contribution >= 4 is 0 Å². The highest BCUT2D eigenvalue weighted by Crippen LogP contribution is 2.27. The zero-order valence-corrected chi connectivity index (χ0v) is 9.29. The third kappa shape index (κ3) is 3.37. The monoisotopic (exact) mass is 188 g/mol. The molecule has 0 amide bonds. The van der Waals surface area contributed by atoms with E-state index in [1.165, 1.54) is 24.0 Å². The Labute approximate surface area is 87.7 Å². The number of hydrogen-bond donors (Lipinski definition) is 0. The van der Waals surface area contributed by atoms with E-state index in [0.717, 1.165) is 6.42 Å². The zero-order valence-electron chi connectivity index (χ0n) is 9.29. The fourth-order valence-electron chi connectivity index (χ4n) is 1.88. The van der Waals surface area contributed by atoms with E-state index >= 15 is 0 Å². The molecule has 1 unspecified atom stereocenters. The van der Waals surface area contributed by atoms with Gasteiger partial charge in [-0.15, -0.1) is 6.58 Å². The second-order valence-corrected chi connectivity index (χ2v) is 4.06. The van der Waals surface area contributed by atoms with Crippen LogP contribution in [-0.2, 0) is 0 Å². The molecule has 1 aromatic rings. The maximum atomic E-state index is 4.00. The van der Waals surface area contributed by atoms with Gasteiger partial charge in [-0.05, 0) is 31.2 Å². The highest BCUT2D eigenvalue weighted by Gasteiger charge is 2.09. The van der Waals surface area contributed by atoms with E-state index in [9.17, 15) is 0 Å². The Kier molecular flexibility index (Phi) is 4.45. The molecule has 0 aromatic heterocycles. The number of hydrogen-bond acceptors (Lipinski definition) is 0. The predicted molar refractivity (Wildman–Crippen MR) is 63.5 cm³/mol. The van der Waals surface area contributed by atoms with Crippen molar-refractivity contribution in [1.29, 1.82) is 0 Å². The first-order chi connectivity index (χ1) is 6.74. The summed E-state index contributed by atoms with van der Waals surface area (Å²) in [4.78, 5) is 0. The van der Waals surface area contributed by atoms with Gasteiger partial charge >= 0.3 is 0 Å². The normalized spacial score (nSPS) is 12.4. The van der Waals surface area contributed by atoms with Crippen molar-refractivity contribution in [2.24, 2.45) is 0 Å². The van der Waals surface area contributed by atoms with Gasteiger partial charge in [0.2, 0.25) is 0 Å². The van der Waals surface area contributed by atoms with Crippen molar-refractivity contribution in [3.05, 3.63) is 48.0 Å². The highest BCUT2D eigenvalue weighted by atomic mass is 14.1. The Morgan fingerprint density at radius 3 is 2.43 bits per heavy atom. The van der Waals surface area contributed by atoms with Gasteiger partial charge in [-0.2, -0.15) is 0 Å². The fraction of sp³-hybridized carbons (Fsp3) is 0.429. The molecule has 0 aliphatic carbocycles. The summed E-state index contributed by atoms with van der Waals surface area (Å²) in [5.41, 5.74) is 2.74. The highest BCUT2D eigenvalue weighted by molar-refractivity contribution is 5.21. The second-order valence-electron chi connectivity index (χ2n) is 4.06. The van der Waals surface area contributed by atoms with E-state index in [1.807, 2.05) is 0 Å². The predicted octanol–water partition coefficient (Wildman–Crippen LogP) is 4.54. The largest absolute Gasteiger partial charge is 0.100 e. The molecule has 0 fully saturated rings. The molecule has 1 atom stereocenters. The molecule has 76 valence electrons. The Bertz CT molecular complexity index is 271. The number of rotatable bonds is 5. The average Bonchev–Trinajstić information content (AvgIpc) is 2.18. The van der Waals surface area contributed by atoms with Crippen LogP contribution in [0.3, 0.4) is 0 Å². The minimum absolute atomic E-state index is 0.665. The van der Waals surface area contributed by atoms with E-state index < -0.39 is 0 Å². The van der Waals surface area contributed by atoms with Crippen LogP contribution in [0.1, 0.15) is 44.6 Å². The van der Waals surface area contributed by atoms with Gasteiger partial charge in [0.1, 0.15) is 0 Å². The molecule has 1 aromatic carbocycles. The van der Waals surface area contributed by atoms with Gasteiger partial charge in [0.05, 0.1) is 0 Å². The van der Waals surface area contributed by atoms with E-state index in [2.05, 4.69) is 50.8 Å². The third-order valence-electron chi connectivity index (χ3n) is 2.50. The Morgan fingerprint density at radius 2 is 1.93 bits per heavy atom. The van der Waals surface area contributed by atoms with Crippen LogP contribution in [0.5, 0.6) is 0 Å². The van der Waals surface area contributed by atoms with Crippen LogP contribution in [0.15, 0.2) is 42.5 Å². The topological polar surface area (TPSA) is 0 Å². The number of benzene rings is 1. The quantitative estimate of drug-likeness (QED) is 0.595. The summed E-state index contributed by atoms with van der Waals surface area (Å²) < 4.78 is 0. The van der Waals surface area contributed by atoms with Crippen molar-refractivity contribution in [2.45, 2.75) is 39.0 Å². The molecular weight excluding hydrogens is 168 g/mol. The van der Waals surface area contributed by atoms with Gasteiger partial charge in [0, 0.05) is 0 Å². The van der Waals surface area contributed by atoms with Crippen LogP contribution in [0, 0.1) is 0 Å². The molecule has 0 radical (unpaired) electrons. The molecule has 0 nitrogen and oxygen atoms in total. The van der Waals surface area contributed by atoms with Crippen LogP contribution in [0.4, 0.5) is 0 Å². The van der Waals surface area contributed by atoms with Crippen molar-refractivity contribution in [3.63, 3.8) is 0 Å². The lowest BCUT2D eigenvalue weighted by molar-refractivity contribution is 0.608. The van der Waals surface area contributed by atoms with E-state index in [4.69, 9.17) is 0 Å². The van der Waals surface area contributed by atoms with Crippen molar-refractivity contribution in [3.8, 4) is 0 Å². The summed E-state index contributed by atoms with van der Waals surface area (Å²) in [5.74, 6) is 0.665. The lowest BCUT2D eigenvalue weighted by atomic mass is 9.89. The first kappa shape index (κ1) is 11.0. The molecule has 0 heterocycles. The summed E-state index contributed by atoms with van der Waals surface area (Å²) >= 11 is 0. The Morgan fingerprint density at radius 1 is 1.29 bits per heavy atom. The Hall–Kier alpha value is -1.04. The molecule has 0 saturated heterocycles. The van der Waals surface area contributed by atoms with Gasteiger partial charge in [-0.3, -0.25) is 0 Å². The molecule has 0 N–H and O–H groups in total. The maximum absolute atomic E-state index is 4.00. The van der Waals surface area contributed by atoms with E-state index in [1.54, 1.807) is 0 Å². The minimum atomic E-state index is 0.665. The summed E-state index contributed by atoms with van der Waals surface area (Å²) in [6.45, 7) is 8.36. The van der Waals surface area contributed by atoms with Crippen LogP contribution < -0.4 is 0 Å². The summed E-state index contributed by atoms with van der Waals surface area (Å²) in [6.07, 6.45) is 3.63. The van der Waals surface area contributed by atoms with Crippen LogP contribution >= 0.6 is 0 Å². The third-order valence-corrected chi connectivity index (χ3v) is 2.50. The first-order valence-electron chi connectivity index (χ1n) is 5.43. The van der Waals surface area contributed by atoms with Crippen molar-refractivity contribution < 1.29 is 0 Å². The summed E-state index contributed by atoms with van der Waals surface area (Å²) in [6, 6.07) is 10.8. The summed E-state index contributed by atoms with van der Waals surface area (Å²) in [5, 5.41) is 0. The molecule has 0 aliphatic rings. The lowest BCUT2D eigenvalue weighted by Crippen LogP contribution is -1.98. The van der Waals surface area contributed by atoms with Crippen molar-refractivity contribution in [2.75, 3.05) is 0 Å². The first-order valence-corrected chi connectivity index (χ1v) is 5.43. The van der Waals surface area contributed by atoms with Gasteiger partial charge in [-0.25, -0.2) is 0 Å². The average molecular weight is 188 g/mol. The van der Waals surface area contributed by atoms with Crippen LogP contribution in [-0.4, -0.2) is 0 Å². The molecule has 0 spiro atoms. The van der Waals surface area contributed by atoms with E-state index in [-0.39, 0.29) is 0 Å². The van der Waals surface area contributed by atoms with E-state index in [0.29, 0.717) is 5.92 Å². The molecule has 1 rings (SSSR count). The molecule has 0 heteroatoms. The van der Waals surface area contributed by atoms with Crippen LogP contribution in [0.2, 0.25) is 0 Å². The standard InChI is InChI=1S/C14H20/c1-4-8-14(11-12(2)3)13-9-6-5-7-10-13/h5-7,9-10,14H,2,4,8,11H2,1,3H3. The summed E-state index contributed by atoms with van der Waals surface area (Å²) in [7, 11) is 0. The molecule has 0 bridgehead atoms.